The molecule has 1 amide bonds. The minimum absolute atomic E-state index is 0.0275. The number of ether oxygens (including phenoxy) is 1. The van der Waals surface area contributed by atoms with Crippen molar-refractivity contribution < 1.29 is 32.6 Å². The van der Waals surface area contributed by atoms with Gasteiger partial charge in [-0.2, -0.15) is 13.2 Å². The highest BCUT2D eigenvalue weighted by atomic mass is 35.5. The lowest BCUT2D eigenvalue weighted by Crippen LogP contribution is -2.36. The average Bonchev–Trinajstić information content (AvgIpc) is 3.40. The number of hydrogen-bond acceptors (Lipinski definition) is 9. The van der Waals surface area contributed by atoms with E-state index in [1.54, 1.807) is 7.11 Å². The zero-order valence-corrected chi connectivity index (χ0v) is 26.1. The third kappa shape index (κ3) is 8.23. The number of carbonyl (C=O) groups excluding carboxylic acids is 1. The number of alkyl halides is 3. The van der Waals surface area contributed by atoms with Gasteiger partial charge in [-0.1, -0.05) is 35.9 Å². The summed E-state index contributed by atoms with van der Waals surface area (Å²) in [6.07, 6.45) is -0.0438. The smallest absolute Gasteiger partial charge is 0.417 e. The van der Waals surface area contributed by atoms with Crippen LogP contribution in [0.2, 0.25) is 5.02 Å². The number of carbonyl (C=O) groups is 2. The Kier molecular flexibility index (Phi) is 11.2. The number of thiazole rings is 1. The van der Waals surface area contributed by atoms with Crippen LogP contribution in [0.5, 0.6) is 0 Å². The Morgan fingerprint density at radius 2 is 1.98 bits per heavy atom. The SMILES string of the molecule is CCC(C)N(CCOC)Cc1sc(NC(=O)c2cnc(N3CCC(C(=O)O)CC3)cn2)nc1-c1ccc(Cl)c(C(F)(F)F)c1. The van der Waals surface area contributed by atoms with Crippen LogP contribution in [0.3, 0.4) is 0 Å². The molecule has 1 unspecified atom stereocenters. The normalized spacial score (nSPS) is 15.0. The van der Waals surface area contributed by atoms with Gasteiger partial charge in [0.2, 0.25) is 0 Å². The molecule has 2 N–H and O–H groups in total. The van der Waals surface area contributed by atoms with Gasteiger partial charge in [0.15, 0.2) is 5.13 Å². The first-order chi connectivity index (χ1) is 20.9. The highest BCUT2D eigenvalue weighted by molar-refractivity contribution is 7.16. The van der Waals surface area contributed by atoms with Crippen LogP contribution in [0, 0.1) is 5.92 Å². The van der Waals surface area contributed by atoms with E-state index in [0.717, 1.165) is 12.5 Å². The Morgan fingerprint density at radius 3 is 2.57 bits per heavy atom. The Labute approximate surface area is 262 Å². The molecule has 0 spiro atoms. The molecule has 238 valence electrons. The molecule has 3 heterocycles. The van der Waals surface area contributed by atoms with Crippen LogP contribution >= 0.6 is 22.9 Å². The van der Waals surface area contributed by atoms with Crippen molar-refractivity contribution in [2.24, 2.45) is 5.92 Å². The third-order valence-electron chi connectivity index (χ3n) is 7.65. The summed E-state index contributed by atoms with van der Waals surface area (Å²) in [5.41, 5.74) is -0.411. The summed E-state index contributed by atoms with van der Waals surface area (Å²) in [6, 6.07) is 3.80. The summed E-state index contributed by atoms with van der Waals surface area (Å²) < 4.78 is 46.3. The van der Waals surface area contributed by atoms with Crippen LogP contribution in [0.25, 0.3) is 11.3 Å². The van der Waals surface area contributed by atoms with Crippen LogP contribution in [0.15, 0.2) is 30.6 Å². The molecule has 3 aromatic rings. The number of aliphatic carboxylic acids is 1. The number of anilines is 2. The van der Waals surface area contributed by atoms with Crippen molar-refractivity contribution in [3.63, 3.8) is 0 Å². The molecule has 0 aliphatic carbocycles. The molecule has 1 aliphatic heterocycles. The van der Waals surface area contributed by atoms with E-state index >= 15 is 0 Å². The fourth-order valence-corrected chi connectivity index (χ4v) is 6.08. The lowest BCUT2D eigenvalue weighted by Gasteiger charge is -2.30. The number of nitrogens with one attached hydrogen (secondary N) is 1. The van der Waals surface area contributed by atoms with Crippen molar-refractivity contribution >= 4 is 45.8 Å². The highest BCUT2D eigenvalue weighted by Gasteiger charge is 2.34. The molecule has 1 fully saturated rings. The molecule has 0 radical (unpaired) electrons. The second kappa shape index (κ2) is 14.6. The van der Waals surface area contributed by atoms with Gasteiger partial charge < -0.3 is 14.7 Å². The van der Waals surface area contributed by atoms with Crippen molar-refractivity contribution in [3.05, 3.63) is 51.7 Å². The molecule has 1 atom stereocenters. The zero-order chi connectivity index (χ0) is 32.0. The van der Waals surface area contributed by atoms with Gasteiger partial charge in [-0.25, -0.2) is 15.0 Å². The van der Waals surface area contributed by atoms with Gasteiger partial charge in [-0.15, -0.1) is 0 Å². The van der Waals surface area contributed by atoms with Gasteiger partial charge in [0, 0.05) is 49.8 Å². The standard InChI is InChI=1S/C29H34ClF3N6O4S/c1-4-17(2)39(11-12-43-3)16-23-25(19-5-6-21(30)20(13-19)29(31,32)33)36-28(44-23)37-26(40)22-14-35-24(15-34-22)38-9-7-18(8-10-38)27(41)42/h5-6,13-15,17-18H,4,7-12,16H2,1-3H3,(H,41,42)(H,36,37,40). The zero-order valence-electron chi connectivity index (χ0n) is 24.5. The quantitative estimate of drug-likeness (QED) is 0.240. The molecular weight excluding hydrogens is 621 g/mol. The summed E-state index contributed by atoms with van der Waals surface area (Å²) >= 11 is 7.04. The number of aromatic nitrogens is 3. The number of halogens is 4. The van der Waals surface area contributed by atoms with E-state index in [9.17, 15) is 27.9 Å². The van der Waals surface area contributed by atoms with Gasteiger partial charge in [0.1, 0.15) is 11.5 Å². The number of carboxylic acids is 1. The summed E-state index contributed by atoms with van der Waals surface area (Å²) in [4.78, 5) is 42.2. The van der Waals surface area contributed by atoms with Crippen LogP contribution in [0.1, 0.15) is 54.0 Å². The number of nitrogens with zero attached hydrogens (tertiary/aromatic N) is 5. The topological polar surface area (TPSA) is 121 Å². The summed E-state index contributed by atoms with van der Waals surface area (Å²) in [7, 11) is 1.60. The van der Waals surface area contributed by atoms with Crippen molar-refractivity contribution in [1.82, 2.24) is 19.9 Å². The van der Waals surface area contributed by atoms with Crippen molar-refractivity contribution in [2.75, 3.05) is 43.6 Å². The van der Waals surface area contributed by atoms with Gasteiger partial charge in [-0.3, -0.25) is 19.8 Å². The van der Waals surface area contributed by atoms with E-state index in [1.165, 1.54) is 35.9 Å². The predicted molar refractivity (Wildman–Crippen MR) is 162 cm³/mol. The molecule has 0 bridgehead atoms. The van der Waals surface area contributed by atoms with Crippen molar-refractivity contribution in [3.8, 4) is 11.3 Å². The van der Waals surface area contributed by atoms with E-state index in [1.807, 2.05) is 11.8 Å². The number of amides is 1. The predicted octanol–water partition coefficient (Wildman–Crippen LogP) is 6.07. The van der Waals surface area contributed by atoms with E-state index in [2.05, 4.69) is 32.1 Å². The summed E-state index contributed by atoms with van der Waals surface area (Å²) in [5, 5.41) is 11.7. The Balaban J connectivity index is 1.59. The number of hydrogen-bond donors (Lipinski definition) is 2. The highest BCUT2D eigenvalue weighted by Crippen LogP contribution is 2.39. The van der Waals surface area contributed by atoms with Crippen LogP contribution in [-0.4, -0.2) is 76.2 Å². The van der Waals surface area contributed by atoms with Crippen molar-refractivity contribution in [2.45, 2.75) is 51.9 Å². The largest absolute Gasteiger partial charge is 0.481 e. The molecule has 15 heteroatoms. The molecule has 44 heavy (non-hydrogen) atoms. The Bertz CT molecular complexity index is 1450. The van der Waals surface area contributed by atoms with E-state index in [0.29, 0.717) is 62.0 Å². The monoisotopic (exact) mass is 654 g/mol. The number of rotatable bonds is 12. The number of carboxylic acid groups (broad SMARTS) is 1. The minimum atomic E-state index is -4.65. The van der Waals surface area contributed by atoms with E-state index < -0.39 is 28.6 Å². The molecule has 10 nitrogen and oxygen atoms in total. The van der Waals surface area contributed by atoms with Gasteiger partial charge in [0.05, 0.1) is 41.2 Å². The third-order valence-corrected chi connectivity index (χ3v) is 8.93. The first kappa shape index (κ1) is 33.6. The van der Waals surface area contributed by atoms with E-state index in [-0.39, 0.29) is 28.3 Å². The fourth-order valence-electron chi connectivity index (χ4n) is 4.85. The second-order valence-corrected chi connectivity index (χ2v) is 12.0. The lowest BCUT2D eigenvalue weighted by molar-refractivity contribution is -0.142. The summed E-state index contributed by atoms with van der Waals surface area (Å²) in [6.45, 7) is 6.56. The Morgan fingerprint density at radius 1 is 1.25 bits per heavy atom. The van der Waals surface area contributed by atoms with Gasteiger partial charge in [0.25, 0.3) is 5.91 Å². The molecule has 1 aliphatic rings. The molecular formula is C29H34ClF3N6O4S. The second-order valence-electron chi connectivity index (χ2n) is 10.5. The number of piperidine rings is 1. The first-order valence-electron chi connectivity index (χ1n) is 14.1. The molecule has 4 rings (SSSR count). The Hall–Kier alpha value is -3.33. The maximum absolute atomic E-state index is 13.7. The minimum Gasteiger partial charge on any atom is -0.481 e. The maximum atomic E-state index is 13.7. The van der Waals surface area contributed by atoms with Gasteiger partial charge in [-0.05, 0) is 38.3 Å². The van der Waals surface area contributed by atoms with Crippen molar-refractivity contribution in [1.29, 1.82) is 0 Å². The molecule has 2 aromatic heterocycles. The molecule has 1 saturated heterocycles. The summed E-state index contributed by atoms with van der Waals surface area (Å²) in [5.74, 6) is -1.24. The van der Waals surface area contributed by atoms with Gasteiger partial charge >= 0.3 is 12.1 Å². The van der Waals surface area contributed by atoms with Crippen LogP contribution in [-0.2, 0) is 22.3 Å². The fraction of sp³-hybridized carbons (Fsp3) is 0.483. The molecule has 1 aromatic carbocycles. The molecule has 0 saturated carbocycles. The number of methoxy groups -OCH3 is 1. The average molecular weight is 655 g/mol. The van der Waals surface area contributed by atoms with Crippen LogP contribution < -0.4 is 10.2 Å². The first-order valence-corrected chi connectivity index (χ1v) is 15.3. The van der Waals surface area contributed by atoms with Crippen LogP contribution in [0.4, 0.5) is 24.1 Å². The lowest BCUT2D eigenvalue weighted by atomic mass is 9.97. The maximum Gasteiger partial charge on any atom is 0.417 e. The van der Waals surface area contributed by atoms with E-state index in [4.69, 9.17) is 16.3 Å². The number of benzene rings is 1.